The molecule has 138 heavy (non-hydrogen) atoms. The molecule has 0 aliphatic rings. The molecule has 0 unspecified atom stereocenters. The monoisotopic (exact) mass is 1790 g/mol. The SMILES string of the molecule is CC(=O)c1cc(-c2c3ccccc3c(-c3cccc4ccccc34)c3ccccc23)ccc1O.CC(=O)c1cc(-c2c3ccccc3c(-c3ccccc3)c3ccccc23)ccc1O.COc1cccc(-c2c3ccccc3c(-c3ccc(O)c(C(=O)c4ccccc4)c3)c3ccccc23)c1.COc1ccccc1-c1c2ccccc2c(-c2ccc(O)c(C(=O)c3ccccc3)c2)c2ccccc12. The normalized spacial score (nSPS) is 11.1. The van der Waals surface area contributed by atoms with Gasteiger partial charge >= 0.3 is 0 Å². The second-order valence-electron chi connectivity index (χ2n) is 34.1. The van der Waals surface area contributed by atoms with E-state index in [4.69, 9.17) is 9.47 Å². The van der Waals surface area contributed by atoms with Gasteiger partial charge in [0.25, 0.3) is 0 Å². The molecule has 10 heteroatoms. The zero-order valence-corrected chi connectivity index (χ0v) is 76.0. The standard InChI is InChI=1S/2C34H24O3.C32H22O2.C28H20O2/c1-37-31-18-10-9-17-28(31)33-26-15-7-5-13-24(26)32(25-14-6-8-16-27(25)33)23-19-20-30(35)29(21-23)34(36)22-11-3-2-4-12-22;1-37-25-13-9-12-23(20-25)32-26-14-5-7-16-28(26)33(29-17-8-6-15-27(29)32)24-18-19-31(35)30(21-24)34(36)22-10-3-2-4-11-22;1-20(33)29-19-22(17-18-30(29)34)31-25-12-4-6-14-27(25)32(28-15-7-5-13-26(28)31)24-16-8-10-21-9-2-3-11-23(21)24;1-18(29)25-17-20(15-16-26(25)30)28-23-13-7-5-11-21(23)27(19-9-3-2-4-10-19)22-12-6-8-14-24(22)28/h2*2-21,35H,1H3;2-19,34H,1H3;2-17,30H,1H3. The second-order valence-corrected chi connectivity index (χ2v) is 34.1. The van der Waals surface area contributed by atoms with E-state index in [1.165, 1.54) is 46.9 Å². The first-order valence-corrected chi connectivity index (χ1v) is 45.7. The highest BCUT2D eigenvalue weighted by Crippen LogP contribution is 2.52. The van der Waals surface area contributed by atoms with Crippen LogP contribution in [0.1, 0.15) is 66.4 Å². The molecule has 0 aliphatic heterocycles. The summed E-state index contributed by atoms with van der Waals surface area (Å²) < 4.78 is 11.3. The molecule has 23 rings (SSSR count). The van der Waals surface area contributed by atoms with Crippen molar-refractivity contribution in [1.29, 1.82) is 0 Å². The van der Waals surface area contributed by atoms with Gasteiger partial charge in [0.2, 0.25) is 0 Å². The minimum Gasteiger partial charge on any atom is -0.507 e. The molecule has 0 bridgehead atoms. The number of phenolic OH excluding ortho intramolecular Hbond substituents is 4. The molecule has 0 amide bonds. The largest absolute Gasteiger partial charge is 0.507 e. The van der Waals surface area contributed by atoms with Crippen molar-refractivity contribution in [2.24, 2.45) is 0 Å². The molecule has 23 aromatic rings. The first-order chi connectivity index (χ1) is 67.6. The summed E-state index contributed by atoms with van der Waals surface area (Å²) >= 11 is 0. The molecular weight excluding hydrogens is 1700 g/mol. The Kier molecular flexibility index (Phi) is 24.3. The van der Waals surface area contributed by atoms with Crippen molar-refractivity contribution in [3.63, 3.8) is 0 Å². The van der Waals surface area contributed by atoms with E-state index in [0.29, 0.717) is 22.3 Å². The Bertz CT molecular complexity index is 8530. The summed E-state index contributed by atoms with van der Waals surface area (Å²) in [7, 11) is 3.37. The average molecular weight is 1790 g/mol. The highest BCUT2D eigenvalue weighted by atomic mass is 16.5. The van der Waals surface area contributed by atoms with Crippen LogP contribution in [-0.2, 0) is 0 Å². The minimum absolute atomic E-state index is 0.0113. The van der Waals surface area contributed by atoms with Gasteiger partial charge in [0.05, 0.1) is 36.5 Å². The van der Waals surface area contributed by atoms with Gasteiger partial charge in [-0.25, -0.2) is 0 Å². The molecule has 0 aromatic heterocycles. The summed E-state index contributed by atoms with van der Waals surface area (Å²) in [5.41, 5.74) is 19.2. The van der Waals surface area contributed by atoms with Gasteiger partial charge in [-0.2, -0.15) is 0 Å². The van der Waals surface area contributed by atoms with Crippen LogP contribution in [-0.4, -0.2) is 57.8 Å². The maximum absolute atomic E-state index is 13.3. The predicted octanol–water partition coefficient (Wildman–Crippen LogP) is 32.2. The first kappa shape index (κ1) is 87.8. The number of Topliss-reactive ketones (excluding diaryl/α,β-unsaturated/α-hetero) is 2. The molecule has 0 saturated carbocycles. The highest BCUT2D eigenvalue weighted by Gasteiger charge is 2.27. The summed E-state index contributed by atoms with van der Waals surface area (Å²) in [4.78, 5) is 50.9. The van der Waals surface area contributed by atoms with Gasteiger partial charge in [-0.15, -0.1) is 0 Å². The Hall–Kier alpha value is -18.1. The van der Waals surface area contributed by atoms with Crippen molar-refractivity contribution in [2.45, 2.75) is 13.8 Å². The third kappa shape index (κ3) is 16.6. The van der Waals surface area contributed by atoms with Gasteiger partial charge in [0.15, 0.2) is 23.1 Å². The van der Waals surface area contributed by atoms with Gasteiger partial charge in [-0.1, -0.05) is 382 Å². The highest BCUT2D eigenvalue weighted by molar-refractivity contribution is 6.28. The first-order valence-electron chi connectivity index (χ1n) is 45.7. The fourth-order valence-electron chi connectivity index (χ4n) is 19.8. The number of ketones is 4. The van der Waals surface area contributed by atoms with Gasteiger partial charge in [0, 0.05) is 22.3 Å². The lowest BCUT2D eigenvalue weighted by molar-refractivity contribution is 0.100. The lowest BCUT2D eigenvalue weighted by Crippen LogP contribution is -2.02. The number of carbonyl (C=O) groups excluding carboxylic acids is 4. The molecule has 0 aliphatic carbocycles. The van der Waals surface area contributed by atoms with Crippen LogP contribution in [0.4, 0.5) is 0 Å². The Morgan fingerprint density at radius 3 is 0.768 bits per heavy atom. The van der Waals surface area contributed by atoms with Crippen LogP contribution in [0.15, 0.2) is 449 Å². The van der Waals surface area contributed by atoms with E-state index >= 15 is 0 Å². The number of hydrogen-bond acceptors (Lipinski definition) is 10. The number of aromatic hydroxyl groups is 4. The number of hydrogen-bond donors (Lipinski definition) is 4. The average Bonchev–Trinajstić information content (AvgIpc) is 0.749. The Morgan fingerprint density at radius 2 is 0.435 bits per heavy atom. The fraction of sp³-hybridized carbons (Fsp3) is 0.0312. The topological polar surface area (TPSA) is 168 Å². The van der Waals surface area contributed by atoms with Crippen LogP contribution in [0.5, 0.6) is 34.5 Å². The van der Waals surface area contributed by atoms with Gasteiger partial charge in [-0.05, 0) is 255 Å². The number of phenols is 4. The van der Waals surface area contributed by atoms with Gasteiger partial charge in [-0.3, -0.25) is 19.2 Å². The summed E-state index contributed by atoms with van der Waals surface area (Å²) in [5.74, 6) is 0.863. The predicted molar refractivity (Wildman–Crippen MR) is 566 cm³/mol. The van der Waals surface area contributed by atoms with Gasteiger partial charge in [0.1, 0.15) is 34.5 Å². The Labute approximate surface area is 797 Å². The smallest absolute Gasteiger partial charge is 0.196 e. The van der Waals surface area contributed by atoms with Crippen molar-refractivity contribution >= 4 is 120 Å². The number of fused-ring (bicyclic) bond motifs is 9. The quantitative estimate of drug-likeness (QED) is 0.0540. The molecule has 0 heterocycles. The molecule has 0 atom stereocenters. The summed E-state index contributed by atoms with van der Waals surface area (Å²) in [6.07, 6.45) is 0. The van der Waals surface area contributed by atoms with Crippen molar-refractivity contribution in [2.75, 3.05) is 14.2 Å². The molecule has 0 fully saturated rings. The van der Waals surface area contributed by atoms with E-state index in [0.717, 1.165) is 164 Å². The maximum Gasteiger partial charge on any atom is 0.196 e. The van der Waals surface area contributed by atoms with Crippen molar-refractivity contribution in [1.82, 2.24) is 0 Å². The fourth-order valence-corrected chi connectivity index (χ4v) is 19.8. The molecule has 23 aromatic carbocycles. The van der Waals surface area contributed by atoms with Crippen molar-refractivity contribution in [3.8, 4) is 124 Å². The number of carbonyl (C=O) groups is 4. The third-order valence-corrected chi connectivity index (χ3v) is 26.0. The van der Waals surface area contributed by atoms with Crippen molar-refractivity contribution in [3.05, 3.63) is 482 Å². The maximum atomic E-state index is 13.3. The van der Waals surface area contributed by atoms with Crippen LogP contribution < -0.4 is 9.47 Å². The molecular formula is C128H90O10. The summed E-state index contributed by atoms with van der Waals surface area (Å²) in [6.45, 7) is 2.96. The Balaban J connectivity index is 0.000000114. The van der Waals surface area contributed by atoms with Crippen LogP contribution in [0, 0.1) is 0 Å². The number of benzene rings is 23. The minimum atomic E-state index is -0.209. The van der Waals surface area contributed by atoms with E-state index < -0.39 is 0 Å². The molecule has 662 valence electrons. The summed E-state index contributed by atoms with van der Waals surface area (Å²) in [5, 5.41) is 61.9. The van der Waals surface area contributed by atoms with Crippen LogP contribution in [0.3, 0.4) is 0 Å². The van der Waals surface area contributed by atoms with E-state index in [9.17, 15) is 39.6 Å². The van der Waals surface area contributed by atoms with E-state index in [-0.39, 0.29) is 57.3 Å². The number of methoxy groups -OCH3 is 2. The molecule has 4 N–H and O–H groups in total. The van der Waals surface area contributed by atoms with Gasteiger partial charge < -0.3 is 29.9 Å². The lowest BCUT2D eigenvalue weighted by atomic mass is 9.84. The summed E-state index contributed by atoms with van der Waals surface area (Å²) in [6, 6.07) is 148. The molecule has 0 radical (unpaired) electrons. The van der Waals surface area contributed by atoms with Crippen molar-refractivity contribution < 1.29 is 49.1 Å². The van der Waals surface area contributed by atoms with Crippen LogP contribution >= 0.6 is 0 Å². The zero-order chi connectivity index (χ0) is 94.6. The van der Waals surface area contributed by atoms with E-state index in [1.807, 2.05) is 176 Å². The number of rotatable bonds is 16. The van der Waals surface area contributed by atoms with Crippen LogP contribution in [0.2, 0.25) is 0 Å². The molecule has 0 saturated heterocycles. The lowest BCUT2D eigenvalue weighted by Gasteiger charge is -2.19. The number of ether oxygens (including phenoxy) is 2. The van der Waals surface area contributed by atoms with E-state index in [2.05, 4.69) is 218 Å². The second kappa shape index (κ2) is 38.2. The molecule has 10 nitrogen and oxygen atoms in total. The Morgan fingerprint density at radius 1 is 0.196 bits per heavy atom. The van der Waals surface area contributed by atoms with E-state index in [1.54, 1.807) is 68.8 Å². The zero-order valence-electron chi connectivity index (χ0n) is 76.0. The molecule has 0 spiro atoms. The third-order valence-electron chi connectivity index (χ3n) is 26.0. The van der Waals surface area contributed by atoms with Crippen LogP contribution in [0.25, 0.3) is 186 Å². The number of para-hydroxylation sites is 1.